The van der Waals surface area contributed by atoms with Gasteiger partial charge in [-0.3, -0.25) is 14.9 Å². The Kier molecular flexibility index (Phi) is 5.78. The molecule has 0 radical (unpaired) electrons. The number of nitrogens with one attached hydrogen (secondary N) is 1. The van der Waals surface area contributed by atoms with Crippen LogP contribution in [0.2, 0.25) is 0 Å². The Bertz CT molecular complexity index is 791. The van der Waals surface area contributed by atoms with Gasteiger partial charge >= 0.3 is 0 Å². The third-order valence-corrected chi connectivity index (χ3v) is 3.48. The molecule has 0 aliphatic carbocycles. The van der Waals surface area contributed by atoms with Gasteiger partial charge in [0.2, 0.25) is 11.7 Å². The molecule has 1 N–H and O–H groups in total. The van der Waals surface area contributed by atoms with Crippen molar-refractivity contribution in [1.29, 1.82) is 0 Å². The standard InChI is InChI=1S/C17H18N2O6/c1-23-14-8-7-11(16(24-2)17(14)25-3)9-15(20)18-12-5-4-6-13(10-12)19(21)22/h4-8,10H,9H2,1-3H3,(H,18,20). The lowest BCUT2D eigenvalue weighted by molar-refractivity contribution is -0.384. The number of rotatable bonds is 7. The zero-order chi connectivity index (χ0) is 18.4. The molecule has 8 nitrogen and oxygen atoms in total. The van der Waals surface area contributed by atoms with Gasteiger partial charge in [0, 0.05) is 23.4 Å². The van der Waals surface area contributed by atoms with Crippen molar-refractivity contribution in [3.63, 3.8) is 0 Å². The van der Waals surface area contributed by atoms with Gasteiger partial charge in [0.25, 0.3) is 5.69 Å². The molecule has 0 spiro atoms. The van der Waals surface area contributed by atoms with Crippen LogP contribution < -0.4 is 19.5 Å². The first-order valence-electron chi connectivity index (χ1n) is 7.32. The van der Waals surface area contributed by atoms with Crippen LogP contribution in [0.1, 0.15) is 5.56 Å². The number of ether oxygens (including phenoxy) is 3. The SMILES string of the molecule is COc1ccc(CC(=O)Nc2cccc([N+](=O)[O-])c2)c(OC)c1OC. The number of nitro groups is 1. The fourth-order valence-electron chi connectivity index (χ4n) is 2.38. The average Bonchev–Trinajstić information content (AvgIpc) is 2.61. The fraction of sp³-hybridized carbons (Fsp3) is 0.235. The quantitative estimate of drug-likeness (QED) is 0.611. The Morgan fingerprint density at radius 2 is 1.80 bits per heavy atom. The van der Waals surface area contributed by atoms with E-state index in [9.17, 15) is 14.9 Å². The molecule has 0 aromatic heterocycles. The number of carbonyl (C=O) groups is 1. The van der Waals surface area contributed by atoms with E-state index in [2.05, 4.69) is 5.32 Å². The van der Waals surface area contributed by atoms with Crippen LogP contribution >= 0.6 is 0 Å². The minimum absolute atomic E-state index is 0.00617. The third-order valence-electron chi connectivity index (χ3n) is 3.48. The molecule has 25 heavy (non-hydrogen) atoms. The Morgan fingerprint density at radius 3 is 2.40 bits per heavy atom. The number of nitro benzene ring substituents is 1. The predicted molar refractivity (Wildman–Crippen MR) is 91.5 cm³/mol. The van der Waals surface area contributed by atoms with E-state index in [1.54, 1.807) is 18.2 Å². The fourth-order valence-corrected chi connectivity index (χ4v) is 2.38. The Hall–Kier alpha value is -3.29. The molecule has 0 fully saturated rings. The molecule has 132 valence electrons. The van der Waals surface area contributed by atoms with Gasteiger partial charge in [-0.1, -0.05) is 12.1 Å². The first kappa shape index (κ1) is 18.1. The average molecular weight is 346 g/mol. The van der Waals surface area contributed by atoms with Crippen LogP contribution in [0.25, 0.3) is 0 Å². The molecule has 0 aliphatic heterocycles. The van der Waals surface area contributed by atoms with Gasteiger partial charge < -0.3 is 19.5 Å². The molecule has 2 aromatic carbocycles. The number of non-ortho nitro benzene ring substituents is 1. The number of benzene rings is 2. The molecule has 8 heteroatoms. The maximum absolute atomic E-state index is 12.3. The smallest absolute Gasteiger partial charge is 0.271 e. The zero-order valence-electron chi connectivity index (χ0n) is 14.1. The molecule has 0 heterocycles. The summed E-state index contributed by atoms with van der Waals surface area (Å²) in [6, 6.07) is 9.11. The summed E-state index contributed by atoms with van der Waals surface area (Å²) >= 11 is 0. The molecule has 2 aromatic rings. The van der Waals surface area contributed by atoms with Crippen molar-refractivity contribution in [3.05, 3.63) is 52.1 Å². The lowest BCUT2D eigenvalue weighted by Gasteiger charge is -2.15. The summed E-state index contributed by atoms with van der Waals surface area (Å²) in [6.07, 6.45) is 0.00617. The summed E-state index contributed by atoms with van der Waals surface area (Å²) in [5, 5.41) is 13.4. The number of amides is 1. The Balaban J connectivity index is 2.20. The molecule has 1 amide bonds. The largest absolute Gasteiger partial charge is 0.493 e. The van der Waals surface area contributed by atoms with Crippen molar-refractivity contribution < 1.29 is 23.9 Å². The number of methoxy groups -OCH3 is 3. The molecule has 0 atom stereocenters. The molecular weight excluding hydrogens is 328 g/mol. The van der Waals surface area contributed by atoms with E-state index in [-0.39, 0.29) is 18.0 Å². The lowest BCUT2D eigenvalue weighted by Crippen LogP contribution is -2.15. The van der Waals surface area contributed by atoms with E-state index >= 15 is 0 Å². The summed E-state index contributed by atoms with van der Waals surface area (Å²) in [5.41, 5.74) is 0.850. The van der Waals surface area contributed by atoms with Gasteiger partial charge in [0.15, 0.2) is 11.5 Å². The first-order valence-corrected chi connectivity index (χ1v) is 7.32. The maximum atomic E-state index is 12.3. The van der Waals surface area contributed by atoms with Gasteiger partial charge in [0.1, 0.15) is 0 Å². The van der Waals surface area contributed by atoms with Crippen LogP contribution in [-0.2, 0) is 11.2 Å². The molecule has 0 saturated heterocycles. The number of hydrogen-bond acceptors (Lipinski definition) is 6. The van der Waals surface area contributed by atoms with Gasteiger partial charge in [-0.05, 0) is 12.1 Å². The van der Waals surface area contributed by atoms with Gasteiger partial charge in [0.05, 0.1) is 32.7 Å². The van der Waals surface area contributed by atoms with Crippen LogP contribution in [0.15, 0.2) is 36.4 Å². The first-order chi connectivity index (χ1) is 12.0. The van der Waals surface area contributed by atoms with Gasteiger partial charge in [-0.25, -0.2) is 0 Å². The van der Waals surface area contributed by atoms with E-state index in [1.165, 1.54) is 39.5 Å². The predicted octanol–water partition coefficient (Wildman–Crippen LogP) is 2.80. The zero-order valence-corrected chi connectivity index (χ0v) is 14.1. The second kappa shape index (κ2) is 8.00. The Morgan fingerprint density at radius 1 is 1.08 bits per heavy atom. The van der Waals surface area contributed by atoms with Crippen LogP contribution in [0.3, 0.4) is 0 Å². The number of carbonyl (C=O) groups excluding carboxylic acids is 1. The van der Waals surface area contributed by atoms with Gasteiger partial charge in [-0.2, -0.15) is 0 Å². The van der Waals surface area contributed by atoms with E-state index in [0.717, 1.165) is 0 Å². The van der Waals surface area contributed by atoms with Gasteiger partial charge in [-0.15, -0.1) is 0 Å². The molecule has 0 saturated carbocycles. The number of anilines is 1. The molecular formula is C17H18N2O6. The third kappa shape index (κ3) is 4.17. The summed E-state index contributed by atoms with van der Waals surface area (Å²) < 4.78 is 15.8. The van der Waals surface area contributed by atoms with E-state index < -0.39 is 4.92 Å². The highest BCUT2D eigenvalue weighted by Crippen LogP contribution is 2.39. The van der Waals surface area contributed by atoms with Crippen molar-refractivity contribution in [2.45, 2.75) is 6.42 Å². The summed E-state index contributed by atoms with van der Waals surface area (Å²) in [7, 11) is 4.46. The van der Waals surface area contributed by atoms with E-state index in [0.29, 0.717) is 28.5 Å². The van der Waals surface area contributed by atoms with E-state index in [1.807, 2.05) is 0 Å². The second-order valence-electron chi connectivity index (χ2n) is 5.03. The monoisotopic (exact) mass is 346 g/mol. The highest BCUT2D eigenvalue weighted by atomic mass is 16.6. The van der Waals surface area contributed by atoms with Crippen molar-refractivity contribution >= 4 is 17.3 Å². The molecule has 2 rings (SSSR count). The van der Waals surface area contributed by atoms with Crippen LogP contribution in [-0.4, -0.2) is 32.2 Å². The van der Waals surface area contributed by atoms with Crippen LogP contribution in [0.5, 0.6) is 17.2 Å². The normalized spacial score (nSPS) is 10.0. The number of nitrogens with zero attached hydrogens (tertiary/aromatic N) is 1. The topological polar surface area (TPSA) is 99.9 Å². The lowest BCUT2D eigenvalue weighted by atomic mass is 10.1. The molecule has 0 aliphatic rings. The van der Waals surface area contributed by atoms with Crippen LogP contribution in [0, 0.1) is 10.1 Å². The van der Waals surface area contributed by atoms with E-state index in [4.69, 9.17) is 14.2 Å². The summed E-state index contributed by atoms with van der Waals surface area (Å²) in [4.78, 5) is 22.6. The highest BCUT2D eigenvalue weighted by molar-refractivity contribution is 5.93. The second-order valence-corrected chi connectivity index (χ2v) is 5.03. The minimum Gasteiger partial charge on any atom is -0.493 e. The van der Waals surface area contributed by atoms with Crippen molar-refractivity contribution in [1.82, 2.24) is 0 Å². The van der Waals surface area contributed by atoms with Crippen molar-refractivity contribution in [2.24, 2.45) is 0 Å². The Labute approximate surface area is 144 Å². The summed E-state index contributed by atoms with van der Waals surface area (Å²) in [5.74, 6) is 0.940. The molecule has 0 unspecified atom stereocenters. The highest BCUT2D eigenvalue weighted by Gasteiger charge is 2.18. The van der Waals surface area contributed by atoms with Crippen molar-refractivity contribution in [2.75, 3.05) is 26.6 Å². The maximum Gasteiger partial charge on any atom is 0.271 e. The molecule has 0 bridgehead atoms. The number of hydrogen-bond donors (Lipinski definition) is 1. The minimum atomic E-state index is -0.521. The van der Waals surface area contributed by atoms with Crippen molar-refractivity contribution in [3.8, 4) is 17.2 Å². The van der Waals surface area contributed by atoms with Crippen LogP contribution in [0.4, 0.5) is 11.4 Å². The summed E-state index contributed by atoms with van der Waals surface area (Å²) in [6.45, 7) is 0.